The van der Waals surface area contributed by atoms with Gasteiger partial charge in [0, 0.05) is 30.9 Å². The first kappa shape index (κ1) is 18.4. The Kier molecular flexibility index (Phi) is 4.71. The van der Waals surface area contributed by atoms with Gasteiger partial charge in [0.15, 0.2) is 11.4 Å². The van der Waals surface area contributed by atoms with Crippen LogP contribution in [-0.2, 0) is 0 Å². The summed E-state index contributed by atoms with van der Waals surface area (Å²) in [7, 11) is 1.57. The minimum absolute atomic E-state index is 0.0828. The van der Waals surface area contributed by atoms with Crippen molar-refractivity contribution in [2.24, 2.45) is 0 Å². The number of likely N-dealkylation sites (tertiary alicyclic amines) is 1. The lowest BCUT2D eigenvalue weighted by molar-refractivity contribution is 0.0703. The third-order valence-corrected chi connectivity index (χ3v) is 5.83. The molecular weight excluding hydrogens is 378 g/mol. The predicted molar refractivity (Wildman–Crippen MR) is 114 cm³/mol. The molecule has 0 unspecified atom stereocenters. The van der Waals surface area contributed by atoms with Crippen molar-refractivity contribution >= 4 is 16.9 Å². The van der Waals surface area contributed by atoms with Crippen molar-refractivity contribution in [1.82, 2.24) is 24.6 Å². The lowest BCUT2D eigenvalue weighted by Crippen LogP contribution is -2.38. The van der Waals surface area contributed by atoms with Crippen LogP contribution in [0.4, 0.5) is 0 Å². The number of hydrogen-bond acceptors (Lipinski definition) is 4. The molecular formula is C23H23N5O2. The lowest BCUT2D eigenvalue weighted by atomic mass is 9.89. The first-order valence-electron chi connectivity index (χ1n) is 10.1. The Morgan fingerprint density at radius 3 is 2.70 bits per heavy atom. The zero-order valence-corrected chi connectivity index (χ0v) is 16.8. The Morgan fingerprint density at radius 2 is 1.93 bits per heavy atom. The largest absolute Gasteiger partial charge is 0.493 e. The Bertz CT molecular complexity index is 1170. The Hall–Kier alpha value is -3.61. The first-order chi connectivity index (χ1) is 14.7. The van der Waals surface area contributed by atoms with Gasteiger partial charge in [-0.05, 0) is 48.6 Å². The van der Waals surface area contributed by atoms with Gasteiger partial charge in [-0.3, -0.25) is 4.79 Å². The zero-order valence-electron chi connectivity index (χ0n) is 16.8. The van der Waals surface area contributed by atoms with Crippen LogP contribution in [0.5, 0.6) is 5.75 Å². The maximum absolute atomic E-state index is 13.2. The standard InChI is InChI=1S/C23H23N5O2/c1-30-20-15-28(17-6-3-2-4-7-17)26-21(20)23(29)27-12-9-16(10-13-27)19-14-25-22-18(19)8-5-11-24-22/h2-8,11,14-16H,9-10,12-13H2,1H3,(H,24,25). The molecule has 5 rings (SSSR count). The van der Waals surface area contributed by atoms with Crippen molar-refractivity contribution in [3.63, 3.8) is 0 Å². The number of benzene rings is 1. The molecule has 0 radical (unpaired) electrons. The van der Waals surface area contributed by atoms with E-state index in [-0.39, 0.29) is 5.91 Å². The van der Waals surface area contributed by atoms with E-state index in [1.807, 2.05) is 41.3 Å². The number of para-hydroxylation sites is 1. The van der Waals surface area contributed by atoms with Crippen LogP contribution in [0, 0.1) is 0 Å². The quantitative estimate of drug-likeness (QED) is 0.565. The molecule has 30 heavy (non-hydrogen) atoms. The number of rotatable bonds is 4. The summed E-state index contributed by atoms with van der Waals surface area (Å²) < 4.78 is 7.14. The summed E-state index contributed by atoms with van der Waals surface area (Å²) in [4.78, 5) is 22.7. The van der Waals surface area contributed by atoms with E-state index >= 15 is 0 Å². The number of piperidine rings is 1. The summed E-state index contributed by atoms with van der Waals surface area (Å²) >= 11 is 0. The smallest absolute Gasteiger partial charge is 0.278 e. The average molecular weight is 401 g/mol. The summed E-state index contributed by atoms with van der Waals surface area (Å²) in [6.07, 6.45) is 7.44. The summed E-state index contributed by atoms with van der Waals surface area (Å²) in [5.74, 6) is 0.824. The van der Waals surface area contributed by atoms with Gasteiger partial charge in [0.05, 0.1) is 19.0 Å². The molecule has 0 aliphatic carbocycles. The van der Waals surface area contributed by atoms with E-state index in [1.165, 1.54) is 10.9 Å². The van der Waals surface area contributed by atoms with Crippen molar-refractivity contribution in [1.29, 1.82) is 0 Å². The average Bonchev–Trinajstić information content (AvgIpc) is 3.44. The van der Waals surface area contributed by atoms with Gasteiger partial charge >= 0.3 is 0 Å². The van der Waals surface area contributed by atoms with E-state index < -0.39 is 0 Å². The molecule has 1 aliphatic heterocycles. The third-order valence-electron chi connectivity index (χ3n) is 5.83. The maximum atomic E-state index is 13.2. The summed E-state index contributed by atoms with van der Waals surface area (Å²) in [5.41, 5.74) is 3.45. The number of nitrogens with one attached hydrogen (secondary N) is 1. The number of aromatic nitrogens is 4. The number of hydrogen-bond donors (Lipinski definition) is 1. The topological polar surface area (TPSA) is 76.0 Å². The van der Waals surface area contributed by atoms with Crippen molar-refractivity contribution in [3.8, 4) is 11.4 Å². The Morgan fingerprint density at radius 1 is 1.13 bits per heavy atom. The van der Waals surface area contributed by atoms with Crippen LogP contribution in [0.1, 0.15) is 34.8 Å². The number of carbonyl (C=O) groups is 1. The van der Waals surface area contributed by atoms with Crippen LogP contribution in [0.25, 0.3) is 16.7 Å². The van der Waals surface area contributed by atoms with Crippen LogP contribution in [-0.4, -0.2) is 50.8 Å². The van der Waals surface area contributed by atoms with Gasteiger partial charge in [0.2, 0.25) is 0 Å². The van der Waals surface area contributed by atoms with Crippen LogP contribution < -0.4 is 4.74 Å². The fraction of sp³-hybridized carbons (Fsp3) is 0.261. The molecule has 1 amide bonds. The van der Waals surface area contributed by atoms with Gasteiger partial charge in [-0.15, -0.1) is 0 Å². The summed E-state index contributed by atoms with van der Waals surface area (Å²) in [6.45, 7) is 1.38. The second kappa shape index (κ2) is 7.67. The lowest BCUT2D eigenvalue weighted by Gasteiger charge is -2.31. The van der Waals surface area contributed by atoms with E-state index in [0.29, 0.717) is 30.5 Å². The van der Waals surface area contributed by atoms with E-state index in [9.17, 15) is 4.79 Å². The van der Waals surface area contributed by atoms with Crippen LogP contribution >= 0.6 is 0 Å². The van der Waals surface area contributed by atoms with Crippen molar-refractivity contribution in [3.05, 3.63) is 72.3 Å². The number of H-pyrrole nitrogens is 1. The molecule has 0 atom stereocenters. The molecule has 1 aliphatic rings. The molecule has 7 heteroatoms. The van der Waals surface area contributed by atoms with E-state index in [4.69, 9.17) is 4.74 Å². The van der Waals surface area contributed by atoms with Crippen LogP contribution in [0.15, 0.2) is 61.1 Å². The van der Waals surface area contributed by atoms with Crippen molar-refractivity contribution in [2.75, 3.05) is 20.2 Å². The van der Waals surface area contributed by atoms with E-state index in [0.717, 1.165) is 24.2 Å². The molecule has 3 aromatic heterocycles. The fourth-order valence-electron chi connectivity index (χ4n) is 4.23. The highest BCUT2D eigenvalue weighted by Crippen LogP contribution is 2.33. The molecule has 1 saturated heterocycles. The first-order valence-corrected chi connectivity index (χ1v) is 10.1. The molecule has 152 valence electrons. The Balaban J connectivity index is 1.33. The monoisotopic (exact) mass is 401 g/mol. The molecule has 0 saturated carbocycles. The number of amides is 1. The second-order valence-electron chi connectivity index (χ2n) is 7.54. The van der Waals surface area contributed by atoms with Gasteiger partial charge in [0.1, 0.15) is 5.65 Å². The molecule has 1 fully saturated rings. The second-order valence-corrected chi connectivity index (χ2v) is 7.54. The van der Waals surface area contributed by atoms with Crippen molar-refractivity contribution < 1.29 is 9.53 Å². The highest BCUT2D eigenvalue weighted by atomic mass is 16.5. The predicted octanol–water partition coefficient (Wildman–Crippen LogP) is 3.78. The molecule has 0 bridgehead atoms. The number of fused-ring (bicyclic) bond motifs is 1. The minimum atomic E-state index is -0.0828. The van der Waals surface area contributed by atoms with E-state index in [1.54, 1.807) is 24.2 Å². The third kappa shape index (κ3) is 3.22. The minimum Gasteiger partial charge on any atom is -0.493 e. The van der Waals surface area contributed by atoms with E-state index in [2.05, 4.69) is 27.3 Å². The molecule has 4 aromatic rings. The molecule has 4 heterocycles. The number of aromatic amines is 1. The fourth-order valence-corrected chi connectivity index (χ4v) is 4.23. The summed E-state index contributed by atoms with van der Waals surface area (Å²) in [5, 5.41) is 5.70. The Labute approximate surface area is 174 Å². The van der Waals surface area contributed by atoms with Crippen molar-refractivity contribution in [2.45, 2.75) is 18.8 Å². The maximum Gasteiger partial charge on any atom is 0.278 e. The number of methoxy groups -OCH3 is 1. The summed E-state index contributed by atoms with van der Waals surface area (Å²) in [6, 6.07) is 13.8. The molecule has 1 aromatic carbocycles. The SMILES string of the molecule is COc1cn(-c2ccccc2)nc1C(=O)N1CCC(c2c[nH]c3ncccc23)CC1. The number of nitrogens with zero attached hydrogens (tertiary/aromatic N) is 4. The molecule has 0 spiro atoms. The van der Waals surface area contributed by atoms with Gasteiger partial charge in [-0.25, -0.2) is 9.67 Å². The van der Waals surface area contributed by atoms with Crippen LogP contribution in [0.2, 0.25) is 0 Å². The van der Waals surface area contributed by atoms with Gasteiger partial charge in [0.25, 0.3) is 5.91 Å². The van der Waals surface area contributed by atoms with Gasteiger partial charge in [-0.2, -0.15) is 5.10 Å². The van der Waals surface area contributed by atoms with Gasteiger partial charge in [-0.1, -0.05) is 18.2 Å². The highest BCUT2D eigenvalue weighted by molar-refractivity contribution is 5.95. The van der Waals surface area contributed by atoms with Crippen LogP contribution in [0.3, 0.4) is 0 Å². The number of ether oxygens (including phenoxy) is 1. The number of carbonyl (C=O) groups excluding carboxylic acids is 1. The molecule has 1 N–H and O–H groups in total. The van der Waals surface area contributed by atoms with Gasteiger partial charge < -0.3 is 14.6 Å². The normalized spacial score (nSPS) is 14.9. The molecule has 7 nitrogen and oxygen atoms in total. The number of pyridine rings is 1. The zero-order chi connectivity index (χ0) is 20.5. The highest BCUT2D eigenvalue weighted by Gasteiger charge is 2.29.